The fraction of sp³-hybridized carbons (Fsp3) is 0.762. The number of rotatable bonds is 9. The van der Waals surface area contributed by atoms with E-state index in [9.17, 15) is 28.8 Å². The lowest BCUT2D eigenvalue weighted by Gasteiger charge is -2.31. The molecule has 13 nitrogen and oxygen atoms in total. The zero-order valence-electron chi connectivity index (χ0n) is 37.4. The van der Waals surface area contributed by atoms with E-state index in [0.29, 0.717) is 18.6 Å². The van der Waals surface area contributed by atoms with Crippen molar-refractivity contribution in [3.05, 3.63) is 24.3 Å². The smallest absolute Gasteiger partial charge is 0.284 e. The molecule has 2 unspecified atom stereocenters. The van der Waals surface area contributed by atoms with Gasteiger partial charge in [0.15, 0.2) is 0 Å². The highest BCUT2D eigenvalue weighted by atomic mass is 32.2. The zero-order chi connectivity index (χ0) is 44.1. The van der Waals surface area contributed by atoms with Gasteiger partial charge in [-0.1, -0.05) is 115 Å². The van der Waals surface area contributed by atoms with Gasteiger partial charge in [-0.3, -0.25) is 29.0 Å². The van der Waals surface area contributed by atoms with Gasteiger partial charge in [0.1, 0.15) is 12.0 Å². The third-order valence-corrected chi connectivity index (χ3v) is 11.3. The Hall–Kier alpha value is -3.04. The molecule has 1 spiro atoms. The molecule has 2 aliphatic carbocycles. The van der Waals surface area contributed by atoms with Gasteiger partial charge in [0.25, 0.3) is 11.8 Å². The molecular weight excluding hydrogens is 763 g/mol. The molecule has 1 aromatic rings. The Morgan fingerprint density at radius 2 is 1.40 bits per heavy atom. The average molecular weight is 842 g/mol. The average Bonchev–Trinajstić information content (AvgIpc) is 3.99. The van der Waals surface area contributed by atoms with Crippen molar-refractivity contribution in [2.24, 2.45) is 5.41 Å². The Bertz CT molecular complexity index is 1180. The molecule has 0 aromatic carbocycles. The third kappa shape index (κ3) is 28.9. The molecule has 2 aliphatic heterocycles. The van der Waals surface area contributed by atoms with Crippen molar-refractivity contribution in [2.75, 3.05) is 31.1 Å². The van der Waals surface area contributed by atoms with Gasteiger partial charge in [-0.25, -0.2) is 4.98 Å². The number of hydrogen-bond acceptors (Lipinski definition) is 11. The Labute approximate surface area is 354 Å². The van der Waals surface area contributed by atoms with E-state index in [-0.39, 0.29) is 33.7 Å². The summed E-state index contributed by atoms with van der Waals surface area (Å²) < 4.78 is 0.286. The summed E-state index contributed by atoms with van der Waals surface area (Å²) in [5, 5.41) is 13.7. The Balaban J connectivity index is -0.000000689. The quantitative estimate of drug-likeness (QED) is 0.129. The number of likely N-dealkylation sites (N-methyl/N-ethyl adjacent to an activating group) is 1. The molecule has 57 heavy (non-hydrogen) atoms. The number of hydrogen-bond donors (Lipinski definition) is 5. The molecule has 4 aliphatic rings. The number of nitrogens with zero attached hydrogens (tertiary/aromatic N) is 2. The monoisotopic (exact) mass is 842 g/mol. The second kappa shape index (κ2) is 37.2. The van der Waals surface area contributed by atoms with Crippen LogP contribution in [0, 0.1) is 5.41 Å². The maximum atomic E-state index is 11.7. The predicted molar refractivity (Wildman–Crippen MR) is 239 cm³/mol. The number of amides is 4. The topological polar surface area (TPSA) is 188 Å². The van der Waals surface area contributed by atoms with Gasteiger partial charge < -0.3 is 31.4 Å². The standard InChI is InChI=1S/C13H18N4O3.C10H18N2OS2.C6H12.C5H7NO2.4C2H6/c1-13(2,3)10(8-18)17-11(19)7-16-12(20)9-6-14-4-5-15-9;1-2-11-9(13)8-6-10(7-12-8)14-4-3-5-15-10;1-2-4-6-5-3-1;7-3-5(8)6-4-1-2-4;4*1-2/h4-6,8,10H,7H2,1-3H3,(H,16,20)(H,17,19);8,12H,2-7H2,1H3,(H,11,13);1-6H2;3-4H,1-2H2,(H,6,8);4*1-2H3. The van der Waals surface area contributed by atoms with Gasteiger partial charge in [0, 0.05) is 31.5 Å². The van der Waals surface area contributed by atoms with Gasteiger partial charge in [-0.15, -0.1) is 23.5 Å². The Morgan fingerprint density at radius 3 is 1.82 bits per heavy atom. The van der Waals surface area contributed by atoms with Crippen LogP contribution in [0.25, 0.3) is 0 Å². The normalized spacial score (nSPS) is 17.4. The highest BCUT2D eigenvalue weighted by Gasteiger charge is 2.43. The van der Waals surface area contributed by atoms with E-state index in [1.165, 1.54) is 75.0 Å². The minimum Gasteiger partial charge on any atom is -0.355 e. The number of aldehydes is 2. The first-order valence-corrected chi connectivity index (χ1v) is 23.2. The molecule has 5 N–H and O–H groups in total. The summed E-state index contributed by atoms with van der Waals surface area (Å²) in [7, 11) is 0. The summed E-state index contributed by atoms with van der Waals surface area (Å²) in [6.45, 7) is 25.0. The first-order valence-electron chi connectivity index (χ1n) is 21.3. The van der Waals surface area contributed by atoms with Gasteiger partial charge in [-0.2, -0.15) is 0 Å². The number of carbonyl (C=O) groups is 6. The molecule has 2 atom stereocenters. The predicted octanol–water partition coefficient (Wildman–Crippen LogP) is 6.90. The molecule has 1 aromatic heterocycles. The van der Waals surface area contributed by atoms with Crippen LogP contribution in [0.5, 0.6) is 0 Å². The van der Waals surface area contributed by atoms with Crippen LogP contribution in [-0.4, -0.2) is 99.5 Å². The van der Waals surface area contributed by atoms with Crippen molar-refractivity contribution in [1.82, 2.24) is 36.6 Å². The molecule has 2 saturated heterocycles. The lowest BCUT2D eigenvalue weighted by atomic mass is 9.88. The number of aromatic nitrogens is 2. The fourth-order valence-electron chi connectivity index (χ4n) is 4.92. The second-order valence-corrected chi connectivity index (χ2v) is 16.6. The van der Waals surface area contributed by atoms with Crippen molar-refractivity contribution in [3.63, 3.8) is 0 Å². The van der Waals surface area contributed by atoms with Gasteiger partial charge in [0.2, 0.25) is 18.1 Å². The van der Waals surface area contributed by atoms with Crippen molar-refractivity contribution in [1.29, 1.82) is 0 Å². The molecular formula is C42H79N7O6S2. The Kier molecular flexibility index (Phi) is 38.1. The molecule has 4 amide bonds. The minimum absolute atomic E-state index is 0.0306. The minimum atomic E-state index is -0.608. The first-order chi connectivity index (χ1) is 27.4. The number of carbonyl (C=O) groups excluding carboxylic acids is 6. The van der Waals surface area contributed by atoms with Crippen LogP contribution in [0.15, 0.2) is 18.6 Å². The number of nitrogens with one attached hydrogen (secondary N) is 5. The van der Waals surface area contributed by atoms with E-state index in [2.05, 4.69) is 36.6 Å². The third-order valence-electron chi connectivity index (χ3n) is 7.94. The molecule has 330 valence electrons. The van der Waals surface area contributed by atoms with E-state index in [1.807, 2.05) is 107 Å². The summed E-state index contributed by atoms with van der Waals surface area (Å²) >= 11 is 4.07. The van der Waals surface area contributed by atoms with Crippen molar-refractivity contribution in [2.45, 2.75) is 169 Å². The van der Waals surface area contributed by atoms with Crippen LogP contribution in [0.3, 0.4) is 0 Å². The van der Waals surface area contributed by atoms with Crippen LogP contribution in [0.2, 0.25) is 0 Å². The summed E-state index contributed by atoms with van der Waals surface area (Å²) in [6.07, 6.45) is 18.5. The summed E-state index contributed by atoms with van der Waals surface area (Å²) in [4.78, 5) is 73.3. The number of thioether (sulfide) groups is 2. The SMILES string of the molecule is C1CCCCC1.CC.CC.CC.CC.CC(C)(C)C(C=O)NC(=O)CNC(=O)c1cnccn1.CCNC(=O)C1CC2(CN1)SCCCS2.O=CC(=O)NC1CC1. The summed E-state index contributed by atoms with van der Waals surface area (Å²) in [5.41, 5.74) is -0.255. The molecule has 0 bridgehead atoms. The van der Waals surface area contributed by atoms with Crippen LogP contribution in [0.1, 0.15) is 158 Å². The van der Waals surface area contributed by atoms with Crippen molar-refractivity contribution >= 4 is 59.7 Å². The summed E-state index contributed by atoms with van der Waals surface area (Å²) in [5.74, 6) is 1.24. The molecule has 5 rings (SSSR count). The lowest BCUT2D eigenvalue weighted by Crippen LogP contribution is -2.48. The maximum absolute atomic E-state index is 11.7. The van der Waals surface area contributed by atoms with Crippen LogP contribution >= 0.6 is 23.5 Å². The highest BCUT2D eigenvalue weighted by Crippen LogP contribution is 2.47. The van der Waals surface area contributed by atoms with Crippen LogP contribution < -0.4 is 26.6 Å². The van der Waals surface area contributed by atoms with Gasteiger partial charge in [0.05, 0.1) is 28.9 Å². The largest absolute Gasteiger partial charge is 0.355 e. The molecule has 0 radical (unpaired) electrons. The van der Waals surface area contributed by atoms with Crippen LogP contribution in [-0.2, 0) is 24.0 Å². The molecule has 2 saturated carbocycles. The van der Waals surface area contributed by atoms with Gasteiger partial charge in [-0.05, 0) is 49.5 Å². The van der Waals surface area contributed by atoms with E-state index < -0.39 is 23.8 Å². The van der Waals surface area contributed by atoms with E-state index >= 15 is 0 Å². The molecule has 3 heterocycles. The van der Waals surface area contributed by atoms with Crippen molar-refractivity contribution in [3.8, 4) is 0 Å². The first kappa shape index (κ1) is 58.3. The van der Waals surface area contributed by atoms with E-state index in [1.54, 1.807) is 0 Å². The second-order valence-electron chi connectivity index (χ2n) is 13.3. The maximum Gasteiger partial charge on any atom is 0.284 e. The zero-order valence-corrected chi connectivity index (χ0v) is 39.0. The molecule has 15 heteroatoms. The summed E-state index contributed by atoms with van der Waals surface area (Å²) in [6, 6.07) is -0.279. The molecule has 4 fully saturated rings. The Morgan fingerprint density at radius 1 is 0.860 bits per heavy atom. The van der Waals surface area contributed by atoms with E-state index in [0.717, 1.165) is 32.4 Å². The highest BCUT2D eigenvalue weighted by molar-refractivity contribution is 8.18. The van der Waals surface area contributed by atoms with Crippen LogP contribution in [0.4, 0.5) is 0 Å². The van der Waals surface area contributed by atoms with E-state index in [4.69, 9.17) is 0 Å². The van der Waals surface area contributed by atoms with Gasteiger partial charge >= 0.3 is 0 Å². The fourth-order valence-corrected chi connectivity index (χ4v) is 8.20. The van der Waals surface area contributed by atoms with Crippen molar-refractivity contribution < 1.29 is 28.8 Å². The lowest BCUT2D eigenvalue weighted by molar-refractivity contribution is -0.131.